The third-order valence-corrected chi connectivity index (χ3v) is 2.90. The second-order valence-electron chi connectivity index (χ2n) is 4.18. The fourth-order valence-corrected chi connectivity index (χ4v) is 2.19. The van der Waals surface area contributed by atoms with Gasteiger partial charge in [0.2, 0.25) is 5.91 Å². The monoisotopic (exact) mass is 235 g/mol. The fourth-order valence-electron chi connectivity index (χ4n) is 2.19. The Kier molecular flexibility index (Phi) is 3.26. The molecule has 1 amide bonds. The molecule has 2 rings (SSSR count). The highest BCUT2D eigenvalue weighted by Gasteiger charge is 2.37. The van der Waals surface area contributed by atoms with E-state index in [1.807, 2.05) is 0 Å². The number of hydrogen-bond donors (Lipinski definition) is 3. The van der Waals surface area contributed by atoms with Gasteiger partial charge in [-0.1, -0.05) is 0 Å². The molecule has 1 aliphatic rings. The number of hydrogen-bond acceptors (Lipinski definition) is 5. The molecule has 17 heavy (non-hydrogen) atoms. The Morgan fingerprint density at radius 2 is 2.41 bits per heavy atom. The first-order valence-corrected chi connectivity index (χ1v) is 5.41. The summed E-state index contributed by atoms with van der Waals surface area (Å²) in [5.41, 5.74) is 11.9. The quantitative estimate of drug-likeness (QED) is 0.586. The molecule has 1 fully saturated rings. The van der Waals surface area contributed by atoms with Crippen LogP contribution in [0.1, 0.15) is 6.42 Å². The SMILES string of the molecule is NC(=O)C1C(N)CC(O)CN1c1[c]cncc1. The summed E-state index contributed by atoms with van der Waals surface area (Å²) >= 11 is 0. The van der Waals surface area contributed by atoms with Crippen LogP contribution in [0.3, 0.4) is 0 Å². The number of anilines is 1. The number of carbonyl (C=O) groups is 1. The maximum absolute atomic E-state index is 11.4. The van der Waals surface area contributed by atoms with Gasteiger partial charge in [-0.05, 0) is 12.5 Å². The Morgan fingerprint density at radius 3 is 3.00 bits per heavy atom. The molecular weight excluding hydrogens is 220 g/mol. The van der Waals surface area contributed by atoms with Crippen LogP contribution >= 0.6 is 0 Å². The number of nitrogens with zero attached hydrogens (tertiary/aromatic N) is 2. The van der Waals surface area contributed by atoms with Gasteiger partial charge >= 0.3 is 0 Å². The largest absolute Gasteiger partial charge is 0.391 e. The van der Waals surface area contributed by atoms with Crippen LogP contribution in [0.5, 0.6) is 0 Å². The van der Waals surface area contributed by atoms with Crippen molar-refractivity contribution in [1.29, 1.82) is 0 Å². The molecule has 3 atom stereocenters. The van der Waals surface area contributed by atoms with E-state index >= 15 is 0 Å². The molecule has 6 nitrogen and oxygen atoms in total. The molecule has 0 saturated carbocycles. The highest BCUT2D eigenvalue weighted by Crippen LogP contribution is 2.23. The van der Waals surface area contributed by atoms with E-state index in [-0.39, 0.29) is 0 Å². The molecule has 1 aromatic rings. The molecule has 2 heterocycles. The molecule has 0 bridgehead atoms. The minimum absolute atomic E-state index is 0.321. The van der Waals surface area contributed by atoms with Gasteiger partial charge in [0.25, 0.3) is 0 Å². The minimum Gasteiger partial charge on any atom is -0.391 e. The topological polar surface area (TPSA) is 105 Å². The number of pyridine rings is 1. The summed E-state index contributed by atoms with van der Waals surface area (Å²) in [6.07, 6.45) is 2.90. The fraction of sp³-hybridized carbons (Fsp3) is 0.455. The van der Waals surface area contributed by atoms with Crippen molar-refractivity contribution >= 4 is 11.6 Å². The van der Waals surface area contributed by atoms with Crippen molar-refractivity contribution in [3.05, 3.63) is 24.5 Å². The lowest BCUT2D eigenvalue weighted by atomic mass is 9.94. The Bertz CT molecular complexity index is 398. The van der Waals surface area contributed by atoms with Crippen molar-refractivity contribution in [2.24, 2.45) is 11.5 Å². The first-order valence-electron chi connectivity index (χ1n) is 5.41. The van der Waals surface area contributed by atoms with Crippen LogP contribution in [0.2, 0.25) is 0 Å². The second-order valence-corrected chi connectivity index (χ2v) is 4.18. The average molecular weight is 235 g/mol. The molecule has 6 heteroatoms. The predicted molar refractivity (Wildman–Crippen MR) is 62.0 cm³/mol. The first kappa shape index (κ1) is 11.8. The normalized spacial score (nSPS) is 29.1. The third kappa shape index (κ3) is 2.37. The molecule has 0 spiro atoms. The number of piperidine rings is 1. The summed E-state index contributed by atoms with van der Waals surface area (Å²) in [5.74, 6) is -0.491. The zero-order chi connectivity index (χ0) is 12.4. The number of nitrogens with two attached hydrogens (primary N) is 2. The van der Waals surface area contributed by atoms with Crippen LogP contribution in [0.15, 0.2) is 18.5 Å². The van der Waals surface area contributed by atoms with Crippen LogP contribution in [-0.2, 0) is 4.79 Å². The van der Waals surface area contributed by atoms with Gasteiger partial charge in [0, 0.05) is 36.7 Å². The van der Waals surface area contributed by atoms with Gasteiger partial charge in [0.1, 0.15) is 6.04 Å². The molecule has 1 aromatic heterocycles. The number of primary amides is 1. The van der Waals surface area contributed by atoms with E-state index in [4.69, 9.17) is 11.5 Å². The van der Waals surface area contributed by atoms with E-state index in [2.05, 4.69) is 11.1 Å². The summed E-state index contributed by atoms with van der Waals surface area (Å²) in [5, 5.41) is 9.71. The number of aromatic nitrogens is 1. The number of amides is 1. The van der Waals surface area contributed by atoms with E-state index < -0.39 is 24.1 Å². The summed E-state index contributed by atoms with van der Waals surface area (Å²) in [7, 11) is 0. The van der Waals surface area contributed by atoms with E-state index in [9.17, 15) is 9.90 Å². The molecule has 0 aliphatic carbocycles. The zero-order valence-electron chi connectivity index (χ0n) is 9.28. The van der Waals surface area contributed by atoms with Crippen molar-refractivity contribution < 1.29 is 9.90 Å². The zero-order valence-corrected chi connectivity index (χ0v) is 9.28. The lowest BCUT2D eigenvalue weighted by Crippen LogP contribution is -2.62. The molecule has 3 unspecified atom stereocenters. The number of carbonyl (C=O) groups excluding carboxylic acids is 1. The maximum Gasteiger partial charge on any atom is 0.241 e. The van der Waals surface area contributed by atoms with Crippen molar-refractivity contribution in [3.63, 3.8) is 0 Å². The molecule has 1 radical (unpaired) electrons. The lowest BCUT2D eigenvalue weighted by Gasteiger charge is -2.41. The predicted octanol–water partition coefficient (Wildman–Crippen LogP) is -1.37. The van der Waals surface area contributed by atoms with Crippen LogP contribution < -0.4 is 16.4 Å². The highest BCUT2D eigenvalue weighted by molar-refractivity contribution is 5.84. The van der Waals surface area contributed by atoms with Crippen LogP contribution in [0.4, 0.5) is 5.69 Å². The van der Waals surface area contributed by atoms with E-state index in [0.717, 1.165) is 0 Å². The molecular formula is C11H15N4O2. The summed E-state index contributed by atoms with van der Waals surface area (Å²) < 4.78 is 0. The van der Waals surface area contributed by atoms with Gasteiger partial charge < -0.3 is 21.5 Å². The lowest BCUT2D eigenvalue weighted by molar-refractivity contribution is -0.120. The number of rotatable bonds is 2. The van der Waals surface area contributed by atoms with Gasteiger partial charge in [0.05, 0.1) is 6.10 Å². The minimum atomic E-state index is -0.614. The van der Waals surface area contributed by atoms with E-state index in [1.165, 1.54) is 6.20 Å². The number of aliphatic hydroxyl groups is 1. The van der Waals surface area contributed by atoms with Crippen molar-refractivity contribution in [3.8, 4) is 0 Å². The summed E-state index contributed by atoms with van der Waals surface area (Å²) in [4.78, 5) is 17.0. The highest BCUT2D eigenvalue weighted by atomic mass is 16.3. The van der Waals surface area contributed by atoms with Crippen LogP contribution in [-0.4, -0.2) is 40.7 Å². The van der Waals surface area contributed by atoms with Gasteiger partial charge in [-0.25, -0.2) is 0 Å². The Labute approximate surface area is 99.2 Å². The van der Waals surface area contributed by atoms with Crippen molar-refractivity contribution in [1.82, 2.24) is 4.98 Å². The molecule has 5 N–H and O–H groups in total. The van der Waals surface area contributed by atoms with E-state index in [0.29, 0.717) is 18.7 Å². The summed E-state index contributed by atoms with van der Waals surface area (Å²) in [6, 6.07) is 3.53. The molecule has 91 valence electrons. The Morgan fingerprint density at radius 1 is 1.65 bits per heavy atom. The van der Waals surface area contributed by atoms with E-state index in [1.54, 1.807) is 17.2 Å². The summed E-state index contributed by atoms with van der Waals surface area (Å²) in [6.45, 7) is 0.321. The molecule has 1 saturated heterocycles. The smallest absolute Gasteiger partial charge is 0.241 e. The second kappa shape index (κ2) is 4.68. The standard InChI is InChI=1S/C11H15N4O2/c12-9-5-8(16)6-15(10(9)11(13)17)7-1-3-14-4-2-7/h1,3-4,8-10,16H,5-6,12H2,(H2,13,17). The molecule has 1 aliphatic heterocycles. The number of aliphatic hydroxyl groups excluding tert-OH is 1. The van der Waals surface area contributed by atoms with Crippen LogP contribution in [0.25, 0.3) is 0 Å². The van der Waals surface area contributed by atoms with Gasteiger partial charge in [-0.2, -0.15) is 0 Å². The van der Waals surface area contributed by atoms with Gasteiger partial charge in [-0.15, -0.1) is 0 Å². The van der Waals surface area contributed by atoms with Crippen molar-refractivity contribution in [2.45, 2.75) is 24.6 Å². The maximum atomic E-state index is 11.4. The third-order valence-electron chi connectivity index (χ3n) is 2.90. The van der Waals surface area contributed by atoms with Gasteiger partial charge in [0.15, 0.2) is 0 Å². The number of β-amino-alcohol motifs (C(OH)–C–C–N with tert-alkyl or cyclic N) is 1. The van der Waals surface area contributed by atoms with Gasteiger partial charge in [-0.3, -0.25) is 9.78 Å². The average Bonchev–Trinajstić information content (AvgIpc) is 2.28. The molecule has 0 aromatic carbocycles. The first-order chi connectivity index (χ1) is 8.09. The van der Waals surface area contributed by atoms with Crippen LogP contribution in [0, 0.1) is 6.07 Å². The Hall–Kier alpha value is -1.66. The Balaban J connectivity index is 2.31. The van der Waals surface area contributed by atoms with Crippen molar-refractivity contribution in [2.75, 3.05) is 11.4 Å².